The Morgan fingerprint density at radius 2 is 1.63 bits per heavy atom. The van der Waals surface area contributed by atoms with Crippen LogP contribution in [0.2, 0.25) is 0 Å². The monoisotopic (exact) mass is 459 g/mol. The maximum atomic E-state index is 14.4. The molecule has 4 aromatic carbocycles. The summed E-state index contributed by atoms with van der Waals surface area (Å²) in [5.41, 5.74) is 3.59. The lowest BCUT2D eigenvalue weighted by molar-refractivity contribution is -0.119. The zero-order chi connectivity index (χ0) is 20.7. The molecule has 1 aliphatic heterocycles. The van der Waals surface area contributed by atoms with Crippen molar-refractivity contribution < 1.29 is 9.18 Å². The third kappa shape index (κ3) is 3.21. The third-order valence-corrected chi connectivity index (χ3v) is 6.56. The molecule has 4 aromatic rings. The number of hydrogen-bond donors (Lipinski definition) is 0. The van der Waals surface area contributed by atoms with Crippen molar-refractivity contribution >= 4 is 38.3 Å². The average Bonchev–Trinajstić information content (AvgIpc) is 2.77. The summed E-state index contributed by atoms with van der Waals surface area (Å²) in [4.78, 5) is 15.0. The van der Waals surface area contributed by atoms with Crippen molar-refractivity contribution in [1.29, 1.82) is 0 Å². The summed E-state index contributed by atoms with van der Waals surface area (Å²) in [5.74, 6) is -0.353. The molecule has 30 heavy (non-hydrogen) atoms. The Kier molecular flexibility index (Phi) is 4.87. The molecule has 0 aromatic heterocycles. The Morgan fingerprint density at radius 1 is 0.900 bits per heavy atom. The molecule has 1 aliphatic rings. The van der Waals surface area contributed by atoms with Crippen molar-refractivity contribution in [2.45, 2.75) is 18.9 Å². The lowest BCUT2D eigenvalue weighted by atomic mass is 9.81. The van der Waals surface area contributed by atoms with E-state index in [9.17, 15) is 9.18 Å². The minimum absolute atomic E-state index is 0.00165. The average molecular weight is 460 g/mol. The smallest absolute Gasteiger partial charge is 0.228 e. The summed E-state index contributed by atoms with van der Waals surface area (Å²) in [6, 6.07) is 27.0. The fourth-order valence-corrected chi connectivity index (χ4v) is 4.96. The second-order valence-electron chi connectivity index (χ2n) is 7.57. The van der Waals surface area contributed by atoms with Crippen molar-refractivity contribution in [2.75, 3.05) is 4.90 Å². The predicted molar refractivity (Wildman–Crippen MR) is 122 cm³/mol. The normalized spacial score (nSPS) is 16.0. The van der Waals surface area contributed by atoms with E-state index in [1.807, 2.05) is 42.5 Å². The number of nitrogens with zero attached hydrogens (tertiary/aromatic N) is 1. The van der Waals surface area contributed by atoms with E-state index in [2.05, 4.69) is 34.1 Å². The molecule has 1 amide bonds. The molecule has 0 bridgehead atoms. The maximum absolute atomic E-state index is 14.4. The molecule has 148 valence electrons. The first kappa shape index (κ1) is 19.0. The lowest BCUT2D eigenvalue weighted by Crippen LogP contribution is -2.37. The van der Waals surface area contributed by atoms with Gasteiger partial charge < -0.3 is 4.90 Å². The van der Waals surface area contributed by atoms with Gasteiger partial charge in [-0.3, -0.25) is 4.79 Å². The highest BCUT2D eigenvalue weighted by molar-refractivity contribution is 9.10. The van der Waals surface area contributed by atoms with Crippen LogP contribution >= 0.6 is 15.9 Å². The molecule has 0 saturated heterocycles. The van der Waals surface area contributed by atoms with Crippen molar-refractivity contribution in [2.24, 2.45) is 0 Å². The van der Waals surface area contributed by atoms with Gasteiger partial charge in [0.1, 0.15) is 5.82 Å². The van der Waals surface area contributed by atoms with Gasteiger partial charge in [-0.2, -0.15) is 0 Å². The van der Waals surface area contributed by atoms with E-state index < -0.39 is 0 Å². The molecule has 5 rings (SSSR count). The molecule has 1 unspecified atom stereocenters. The number of hydrogen-bond acceptors (Lipinski definition) is 1. The fourth-order valence-electron chi connectivity index (χ4n) is 4.40. The summed E-state index contributed by atoms with van der Waals surface area (Å²) in [6.45, 7) is 0.222. The van der Waals surface area contributed by atoms with E-state index in [4.69, 9.17) is 0 Å². The van der Waals surface area contributed by atoms with E-state index in [1.165, 1.54) is 6.07 Å². The molecule has 1 heterocycles. The minimum atomic E-state index is -0.291. The molecule has 0 aliphatic carbocycles. The van der Waals surface area contributed by atoms with Crippen LogP contribution in [0.1, 0.15) is 29.0 Å². The van der Waals surface area contributed by atoms with Crippen molar-refractivity contribution in [3.63, 3.8) is 0 Å². The van der Waals surface area contributed by atoms with E-state index in [0.717, 1.165) is 32.1 Å². The predicted octanol–water partition coefficient (Wildman–Crippen LogP) is 6.81. The second kappa shape index (κ2) is 7.69. The topological polar surface area (TPSA) is 20.3 Å². The van der Waals surface area contributed by atoms with Gasteiger partial charge in [0.05, 0.1) is 6.54 Å². The van der Waals surface area contributed by atoms with Crippen LogP contribution < -0.4 is 4.90 Å². The first-order chi connectivity index (χ1) is 14.6. The first-order valence-corrected chi connectivity index (χ1v) is 10.7. The van der Waals surface area contributed by atoms with Crippen LogP contribution in [-0.4, -0.2) is 5.91 Å². The number of anilines is 1. The molecule has 0 spiro atoms. The maximum Gasteiger partial charge on any atom is 0.228 e. The molecule has 0 N–H and O–H groups in total. The Morgan fingerprint density at radius 3 is 2.47 bits per heavy atom. The van der Waals surface area contributed by atoms with E-state index >= 15 is 0 Å². The number of halogens is 2. The van der Waals surface area contributed by atoms with Crippen LogP contribution in [-0.2, 0) is 11.3 Å². The highest BCUT2D eigenvalue weighted by Crippen LogP contribution is 2.46. The van der Waals surface area contributed by atoms with E-state index in [-0.39, 0.29) is 24.2 Å². The Balaban J connectivity index is 1.71. The quantitative estimate of drug-likeness (QED) is 0.329. The number of rotatable bonds is 3. The largest absolute Gasteiger partial charge is 0.308 e. The molecule has 0 radical (unpaired) electrons. The van der Waals surface area contributed by atoms with E-state index in [1.54, 1.807) is 23.1 Å². The van der Waals surface area contributed by atoms with Gasteiger partial charge in [0, 0.05) is 28.1 Å². The van der Waals surface area contributed by atoms with E-state index in [0.29, 0.717) is 12.0 Å². The Bertz CT molecular complexity index is 1270. The molecule has 0 fully saturated rings. The summed E-state index contributed by atoms with van der Waals surface area (Å²) in [6.07, 6.45) is 0.345. The van der Waals surface area contributed by atoms with Gasteiger partial charge in [0.2, 0.25) is 5.91 Å². The van der Waals surface area contributed by atoms with Crippen molar-refractivity contribution in [1.82, 2.24) is 0 Å². The number of benzene rings is 4. The number of fused-ring (bicyclic) bond motifs is 3. The van der Waals surface area contributed by atoms with Crippen LogP contribution in [0.25, 0.3) is 10.8 Å². The van der Waals surface area contributed by atoms with Crippen LogP contribution in [0, 0.1) is 5.82 Å². The SMILES string of the molecule is O=C1CC(c2ccccc2Br)c2c(ccc3ccccc23)N1Cc1ccccc1F. The first-order valence-electron chi connectivity index (χ1n) is 9.93. The molecule has 2 nitrogen and oxygen atoms in total. The Labute approximate surface area is 183 Å². The van der Waals surface area contributed by atoms with Crippen LogP contribution in [0.4, 0.5) is 10.1 Å². The summed E-state index contributed by atoms with van der Waals surface area (Å²) in [7, 11) is 0. The zero-order valence-corrected chi connectivity index (χ0v) is 17.8. The second-order valence-corrected chi connectivity index (χ2v) is 8.42. The van der Waals surface area contributed by atoms with Gasteiger partial charge in [0.15, 0.2) is 0 Å². The van der Waals surface area contributed by atoms with Gasteiger partial charge in [-0.15, -0.1) is 0 Å². The number of carbonyl (C=O) groups is 1. The van der Waals surface area contributed by atoms with Crippen molar-refractivity contribution in [3.05, 3.63) is 112 Å². The summed E-state index contributed by atoms with van der Waals surface area (Å²) < 4.78 is 15.3. The zero-order valence-electron chi connectivity index (χ0n) is 16.2. The Hall–Kier alpha value is -2.98. The summed E-state index contributed by atoms with van der Waals surface area (Å²) in [5, 5.41) is 2.26. The van der Waals surface area contributed by atoms with Gasteiger partial charge in [0.25, 0.3) is 0 Å². The molecule has 4 heteroatoms. The third-order valence-electron chi connectivity index (χ3n) is 5.83. The van der Waals surface area contributed by atoms with Crippen LogP contribution in [0.5, 0.6) is 0 Å². The summed E-state index contributed by atoms with van der Waals surface area (Å²) >= 11 is 3.67. The van der Waals surface area contributed by atoms with Gasteiger partial charge in [-0.1, -0.05) is 82.7 Å². The number of carbonyl (C=O) groups excluding carboxylic acids is 1. The van der Waals surface area contributed by atoms with Gasteiger partial charge in [-0.05, 0) is 40.1 Å². The highest BCUT2D eigenvalue weighted by atomic mass is 79.9. The van der Waals surface area contributed by atoms with Gasteiger partial charge >= 0.3 is 0 Å². The molecule has 1 atom stereocenters. The van der Waals surface area contributed by atoms with Crippen molar-refractivity contribution in [3.8, 4) is 0 Å². The minimum Gasteiger partial charge on any atom is -0.308 e. The van der Waals surface area contributed by atoms with Gasteiger partial charge in [-0.25, -0.2) is 4.39 Å². The molecule has 0 saturated carbocycles. The molecular formula is C26H19BrFNO. The lowest BCUT2D eigenvalue weighted by Gasteiger charge is -2.36. The fraction of sp³-hybridized carbons (Fsp3) is 0.115. The van der Waals surface area contributed by atoms with Crippen LogP contribution in [0.3, 0.4) is 0 Å². The highest BCUT2D eigenvalue weighted by Gasteiger charge is 2.34. The van der Waals surface area contributed by atoms with Crippen LogP contribution in [0.15, 0.2) is 89.4 Å². The molecular weight excluding hydrogens is 441 g/mol. The number of amides is 1. The standard InChI is InChI=1S/C26H19BrFNO/c27-22-11-5-4-10-20(22)21-15-25(30)29(16-18-8-2-6-12-23(18)28)24-14-13-17-7-1-3-9-19(17)26(21)24/h1-14,21H,15-16H2.